The van der Waals surface area contributed by atoms with Gasteiger partial charge in [0, 0.05) is 25.7 Å². The number of anilines is 2. The Bertz CT molecular complexity index is 413. The highest BCUT2D eigenvalue weighted by Gasteiger charge is 2.36. The molecule has 0 amide bonds. The van der Waals surface area contributed by atoms with E-state index in [1.54, 1.807) is 6.07 Å². The Morgan fingerprint density at radius 3 is 2.50 bits per heavy atom. The third kappa shape index (κ3) is 2.83. The van der Waals surface area contributed by atoms with E-state index in [1.807, 2.05) is 11.8 Å². The zero-order valence-electron chi connectivity index (χ0n) is 10.1. The van der Waals surface area contributed by atoms with E-state index < -0.39 is 12.0 Å². The molecule has 1 N–H and O–H groups in total. The first-order chi connectivity index (χ1) is 8.50. The van der Waals surface area contributed by atoms with Gasteiger partial charge in [-0.3, -0.25) is 0 Å². The molecule has 0 saturated carbocycles. The van der Waals surface area contributed by atoms with E-state index in [0.717, 1.165) is 25.9 Å². The van der Waals surface area contributed by atoms with Crippen molar-refractivity contribution in [2.75, 3.05) is 29.9 Å². The van der Waals surface area contributed by atoms with Gasteiger partial charge >= 0.3 is 6.18 Å². The second-order valence-electron chi connectivity index (χ2n) is 4.16. The van der Waals surface area contributed by atoms with Gasteiger partial charge in [-0.25, -0.2) is 9.97 Å². The van der Waals surface area contributed by atoms with E-state index in [0.29, 0.717) is 12.4 Å². The second-order valence-corrected chi connectivity index (χ2v) is 4.16. The van der Waals surface area contributed by atoms with E-state index in [4.69, 9.17) is 0 Å². The van der Waals surface area contributed by atoms with Crippen LogP contribution >= 0.6 is 0 Å². The Morgan fingerprint density at radius 2 is 1.94 bits per heavy atom. The zero-order chi connectivity index (χ0) is 13.2. The first-order valence-electron chi connectivity index (χ1n) is 5.96. The molecule has 0 bridgehead atoms. The van der Waals surface area contributed by atoms with Crippen molar-refractivity contribution in [1.29, 1.82) is 0 Å². The van der Waals surface area contributed by atoms with Crippen LogP contribution in [-0.4, -0.2) is 29.6 Å². The lowest BCUT2D eigenvalue weighted by molar-refractivity contribution is -0.144. The number of hydrogen-bond acceptors (Lipinski definition) is 4. The maximum absolute atomic E-state index is 12.7. The Hall–Kier alpha value is -1.53. The number of nitrogens with one attached hydrogen (secondary N) is 1. The third-order valence-electron chi connectivity index (χ3n) is 2.75. The molecule has 0 aliphatic carbocycles. The third-order valence-corrected chi connectivity index (χ3v) is 2.75. The second kappa shape index (κ2) is 4.99. The summed E-state index contributed by atoms with van der Waals surface area (Å²) in [6, 6.07) is 1.57. The lowest BCUT2D eigenvalue weighted by Crippen LogP contribution is -2.22. The molecule has 18 heavy (non-hydrogen) atoms. The Balaban J connectivity index is 2.35. The van der Waals surface area contributed by atoms with Gasteiger partial charge in [0.05, 0.1) is 0 Å². The highest BCUT2D eigenvalue weighted by Crippen LogP contribution is 2.30. The first kappa shape index (κ1) is 12.9. The highest BCUT2D eigenvalue weighted by atomic mass is 19.4. The van der Waals surface area contributed by atoms with Crippen LogP contribution in [0.4, 0.5) is 24.8 Å². The zero-order valence-corrected chi connectivity index (χ0v) is 10.1. The molecular formula is C11H15F3N4. The lowest BCUT2D eigenvalue weighted by atomic mass is 10.4. The Kier molecular flexibility index (Phi) is 3.58. The summed E-state index contributed by atoms with van der Waals surface area (Å²) in [5, 5.41) is 2.81. The summed E-state index contributed by atoms with van der Waals surface area (Å²) in [5.74, 6) is -0.504. The van der Waals surface area contributed by atoms with Crippen molar-refractivity contribution in [3.8, 4) is 0 Å². The molecule has 7 heteroatoms. The van der Waals surface area contributed by atoms with Gasteiger partial charge in [0.2, 0.25) is 5.82 Å². The van der Waals surface area contributed by atoms with Crippen LogP contribution in [0.15, 0.2) is 6.07 Å². The fourth-order valence-electron chi connectivity index (χ4n) is 1.94. The van der Waals surface area contributed by atoms with E-state index in [1.165, 1.54) is 0 Å². The van der Waals surface area contributed by atoms with Crippen LogP contribution in [0.2, 0.25) is 0 Å². The average molecular weight is 260 g/mol. The number of halogens is 3. The molecular weight excluding hydrogens is 245 g/mol. The molecule has 0 aromatic carbocycles. The van der Waals surface area contributed by atoms with Crippen LogP contribution in [0.25, 0.3) is 0 Å². The first-order valence-corrected chi connectivity index (χ1v) is 5.96. The van der Waals surface area contributed by atoms with Gasteiger partial charge in [-0.05, 0) is 19.8 Å². The van der Waals surface area contributed by atoms with Gasteiger partial charge in [-0.15, -0.1) is 0 Å². The van der Waals surface area contributed by atoms with Crippen LogP contribution in [0, 0.1) is 0 Å². The van der Waals surface area contributed by atoms with Crippen molar-refractivity contribution in [3.63, 3.8) is 0 Å². The quantitative estimate of drug-likeness (QED) is 0.906. The fourth-order valence-corrected chi connectivity index (χ4v) is 1.94. The summed E-state index contributed by atoms with van der Waals surface area (Å²) in [6.45, 7) is 3.83. The van der Waals surface area contributed by atoms with Gasteiger partial charge in [0.15, 0.2) is 0 Å². The topological polar surface area (TPSA) is 41.0 Å². The number of aromatic nitrogens is 2. The molecule has 2 rings (SSSR count). The molecule has 100 valence electrons. The van der Waals surface area contributed by atoms with Crippen LogP contribution in [0.3, 0.4) is 0 Å². The molecule has 1 aliphatic rings. The molecule has 4 nitrogen and oxygen atoms in total. The largest absolute Gasteiger partial charge is 0.451 e. The SMILES string of the molecule is CCNc1cc(N2CCCC2)nc(C(F)(F)F)n1. The molecule has 0 spiro atoms. The summed E-state index contributed by atoms with van der Waals surface area (Å²) in [5.41, 5.74) is 0. The molecule has 0 radical (unpaired) electrons. The predicted octanol–water partition coefficient (Wildman–Crippen LogP) is 2.53. The summed E-state index contributed by atoms with van der Waals surface area (Å²) in [6.07, 6.45) is -2.54. The molecule has 0 unspecified atom stereocenters. The van der Waals surface area contributed by atoms with Crippen LogP contribution in [-0.2, 0) is 6.18 Å². The fraction of sp³-hybridized carbons (Fsp3) is 0.636. The Labute approximate surface area is 103 Å². The maximum Gasteiger partial charge on any atom is 0.451 e. The molecule has 1 fully saturated rings. The number of hydrogen-bond donors (Lipinski definition) is 1. The standard InChI is InChI=1S/C11H15F3N4/c1-2-15-8-7-9(18-5-3-4-6-18)17-10(16-8)11(12,13)14/h7H,2-6H2,1H3,(H,15,16,17). The van der Waals surface area contributed by atoms with E-state index in [2.05, 4.69) is 15.3 Å². The van der Waals surface area contributed by atoms with E-state index >= 15 is 0 Å². The number of rotatable bonds is 3. The predicted molar refractivity (Wildman–Crippen MR) is 62.6 cm³/mol. The van der Waals surface area contributed by atoms with Gasteiger partial charge in [-0.2, -0.15) is 13.2 Å². The normalized spacial score (nSPS) is 16.1. The van der Waals surface area contributed by atoms with E-state index in [9.17, 15) is 13.2 Å². The molecule has 1 saturated heterocycles. The van der Waals surface area contributed by atoms with Gasteiger partial charge in [0.25, 0.3) is 0 Å². The molecule has 0 atom stereocenters. The van der Waals surface area contributed by atoms with Crippen molar-refractivity contribution in [2.24, 2.45) is 0 Å². The van der Waals surface area contributed by atoms with Crippen molar-refractivity contribution in [3.05, 3.63) is 11.9 Å². The van der Waals surface area contributed by atoms with Crippen molar-refractivity contribution < 1.29 is 13.2 Å². The lowest BCUT2D eigenvalue weighted by Gasteiger charge is -2.18. The van der Waals surface area contributed by atoms with Gasteiger partial charge in [0.1, 0.15) is 11.6 Å². The van der Waals surface area contributed by atoms with Crippen LogP contribution < -0.4 is 10.2 Å². The van der Waals surface area contributed by atoms with Crippen molar-refractivity contribution in [1.82, 2.24) is 9.97 Å². The summed E-state index contributed by atoms with van der Waals surface area (Å²) < 4.78 is 38.1. The minimum absolute atomic E-state index is 0.224. The minimum atomic E-state index is -4.51. The summed E-state index contributed by atoms with van der Waals surface area (Å²) in [4.78, 5) is 8.97. The molecule has 1 aromatic rings. The smallest absolute Gasteiger partial charge is 0.370 e. The molecule has 1 aliphatic heterocycles. The molecule has 2 heterocycles. The monoisotopic (exact) mass is 260 g/mol. The summed E-state index contributed by atoms with van der Waals surface area (Å²) >= 11 is 0. The van der Waals surface area contributed by atoms with Gasteiger partial charge < -0.3 is 10.2 Å². The summed E-state index contributed by atoms with van der Waals surface area (Å²) in [7, 11) is 0. The van der Waals surface area contributed by atoms with Crippen molar-refractivity contribution >= 4 is 11.6 Å². The number of nitrogens with zero attached hydrogens (tertiary/aromatic N) is 3. The molecule has 1 aromatic heterocycles. The Morgan fingerprint density at radius 1 is 1.28 bits per heavy atom. The maximum atomic E-state index is 12.7. The minimum Gasteiger partial charge on any atom is -0.370 e. The van der Waals surface area contributed by atoms with Crippen LogP contribution in [0.5, 0.6) is 0 Å². The van der Waals surface area contributed by atoms with Crippen molar-refractivity contribution in [2.45, 2.75) is 25.9 Å². The van der Waals surface area contributed by atoms with Crippen LogP contribution in [0.1, 0.15) is 25.6 Å². The highest BCUT2D eigenvalue weighted by molar-refractivity contribution is 5.50. The number of alkyl halides is 3. The average Bonchev–Trinajstić information content (AvgIpc) is 2.81. The van der Waals surface area contributed by atoms with E-state index in [-0.39, 0.29) is 5.82 Å². The van der Waals surface area contributed by atoms with Gasteiger partial charge in [-0.1, -0.05) is 0 Å².